The van der Waals surface area contributed by atoms with E-state index < -0.39 is 0 Å². The fourth-order valence-corrected chi connectivity index (χ4v) is 2.57. The third kappa shape index (κ3) is 4.12. The lowest BCUT2D eigenvalue weighted by molar-refractivity contribution is 0.103. The van der Waals surface area contributed by atoms with Gasteiger partial charge >= 0.3 is 0 Å². The highest BCUT2D eigenvalue weighted by Gasteiger charge is 2.13. The van der Waals surface area contributed by atoms with Crippen LogP contribution >= 0.6 is 0 Å². The molecule has 5 heteroatoms. The molecule has 0 aliphatic heterocycles. The third-order valence-electron chi connectivity index (χ3n) is 4.15. The van der Waals surface area contributed by atoms with Gasteiger partial charge in [0.05, 0.1) is 19.9 Å². The highest BCUT2D eigenvalue weighted by Crippen LogP contribution is 2.13. The van der Waals surface area contributed by atoms with Crippen LogP contribution in [0, 0.1) is 0 Å². The normalized spacial score (nSPS) is 10.6. The number of methoxy groups -OCH3 is 1. The maximum atomic E-state index is 12.5. The highest BCUT2D eigenvalue weighted by atomic mass is 16.5. The lowest BCUT2D eigenvalue weighted by Crippen LogP contribution is -2.08. The van der Waals surface area contributed by atoms with E-state index in [0.717, 1.165) is 18.6 Å². The Bertz CT molecular complexity index is 836. The van der Waals surface area contributed by atoms with Crippen molar-refractivity contribution < 1.29 is 9.53 Å². The average molecular weight is 335 g/mol. The lowest BCUT2D eigenvalue weighted by atomic mass is 10.1. The predicted molar refractivity (Wildman–Crippen MR) is 96.0 cm³/mol. The maximum absolute atomic E-state index is 12.5. The molecule has 0 unspecified atom stereocenters. The van der Waals surface area contributed by atoms with Gasteiger partial charge in [-0.25, -0.2) is 0 Å². The van der Waals surface area contributed by atoms with Crippen molar-refractivity contribution in [3.63, 3.8) is 0 Å². The van der Waals surface area contributed by atoms with Crippen molar-refractivity contribution in [2.45, 2.75) is 26.3 Å². The van der Waals surface area contributed by atoms with Crippen molar-refractivity contribution in [2.24, 2.45) is 0 Å². The quantitative estimate of drug-likeness (QED) is 0.622. The number of aryl methyl sites for hydroxylation is 3. The van der Waals surface area contributed by atoms with E-state index >= 15 is 0 Å². The topological polar surface area (TPSA) is 57.0 Å². The van der Waals surface area contributed by atoms with Crippen LogP contribution in [0.5, 0.6) is 5.75 Å². The Kier molecular flexibility index (Phi) is 5.23. The molecule has 3 aromatic rings. The predicted octanol–water partition coefficient (Wildman–Crippen LogP) is 3.32. The van der Waals surface area contributed by atoms with E-state index in [1.807, 2.05) is 48.5 Å². The molecule has 2 aromatic carbocycles. The molecule has 5 nitrogen and oxygen atoms in total. The number of benzene rings is 2. The number of aromatic nitrogens is 3. The van der Waals surface area contributed by atoms with Crippen LogP contribution in [-0.2, 0) is 19.4 Å². The molecule has 0 aliphatic carbocycles. The van der Waals surface area contributed by atoms with E-state index in [2.05, 4.69) is 17.1 Å². The van der Waals surface area contributed by atoms with Crippen molar-refractivity contribution in [3.8, 4) is 5.75 Å². The molecule has 0 fully saturated rings. The zero-order chi connectivity index (χ0) is 17.6. The van der Waals surface area contributed by atoms with Gasteiger partial charge in [-0.2, -0.15) is 9.90 Å². The first-order valence-electron chi connectivity index (χ1n) is 8.36. The van der Waals surface area contributed by atoms with Crippen molar-refractivity contribution in [1.82, 2.24) is 15.0 Å². The number of ether oxygens (including phenoxy) is 1. The van der Waals surface area contributed by atoms with E-state index in [4.69, 9.17) is 4.74 Å². The summed E-state index contributed by atoms with van der Waals surface area (Å²) >= 11 is 0. The summed E-state index contributed by atoms with van der Waals surface area (Å²) < 4.78 is 5.15. The Morgan fingerprint density at radius 1 is 1.04 bits per heavy atom. The summed E-state index contributed by atoms with van der Waals surface area (Å²) in [6.07, 6.45) is 3.28. The number of rotatable bonds is 7. The first-order chi connectivity index (χ1) is 12.2. The van der Waals surface area contributed by atoms with Crippen molar-refractivity contribution in [2.75, 3.05) is 7.11 Å². The number of carbonyl (C=O) groups is 1. The van der Waals surface area contributed by atoms with E-state index in [0.29, 0.717) is 17.8 Å². The molecule has 0 N–H and O–H groups in total. The standard InChI is InChI=1S/C20H21N3O2/c1-3-15-4-8-17(9-5-15)20(24)19-14-21-23(22-19)13-12-16-6-10-18(25-2)11-7-16/h4-11,14H,3,12-13H2,1-2H3. The lowest BCUT2D eigenvalue weighted by Gasteiger charge is -2.03. The van der Waals surface area contributed by atoms with Gasteiger partial charge in [0.1, 0.15) is 5.75 Å². The largest absolute Gasteiger partial charge is 0.497 e. The highest BCUT2D eigenvalue weighted by molar-refractivity contribution is 6.07. The minimum atomic E-state index is -0.0987. The monoisotopic (exact) mass is 335 g/mol. The molecule has 0 spiro atoms. The van der Waals surface area contributed by atoms with Crippen molar-refractivity contribution in [3.05, 3.63) is 77.1 Å². The van der Waals surface area contributed by atoms with Crippen molar-refractivity contribution in [1.29, 1.82) is 0 Å². The number of ketones is 1. The summed E-state index contributed by atoms with van der Waals surface area (Å²) in [4.78, 5) is 14.0. The second-order valence-electron chi connectivity index (χ2n) is 5.80. The fraction of sp³-hybridized carbons (Fsp3) is 0.250. The van der Waals surface area contributed by atoms with Crippen LogP contribution in [0.3, 0.4) is 0 Å². The van der Waals surface area contributed by atoms with Crippen LogP contribution in [0.15, 0.2) is 54.7 Å². The molecule has 25 heavy (non-hydrogen) atoms. The van der Waals surface area contributed by atoms with Gasteiger partial charge in [-0.15, -0.1) is 5.10 Å². The molecule has 0 aliphatic rings. The Hall–Kier alpha value is -2.95. The molecule has 1 aromatic heterocycles. The van der Waals surface area contributed by atoms with Gasteiger partial charge < -0.3 is 4.74 Å². The van der Waals surface area contributed by atoms with Gasteiger partial charge in [0, 0.05) is 5.56 Å². The van der Waals surface area contributed by atoms with Crippen LogP contribution in [0.1, 0.15) is 34.1 Å². The van der Waals surface area contributed by atoms with Gasteiger partial charge in [-0.05, 0) is 36.1 Å². The second kappa shape index (κ2) is 7.75. The van der Waals surface area contributed by atoms with E-state index in [1.165, 1.54) is 17.3 Å². The van der Waals surface area contributed by atoms with Gasteiger partial charge in [-0.3, -0.25) is 4.79 Å². The summed E-state index contributed by atoms with van der Waals surface area (Å²) in [5, 5.41) is 8.51. The summed E-state index contributed by atoms with van der Waals surface area (Å²) in [6.45, 7) is 2.71. The Balaban J connectivity index is 1.63. The van der Waals surface area contributed by atoms with Gasteiger partial charge in [0.15, 0.2) is 5.69 Å². The van der Waals surface area contributed by atoms with Gasteiger partial charge in [0.25, 0.3) is 0 Å². The van der Waals surface area contributed by atoms with Gasteiger partial charge in [-0.1, -0.05) is 43.3 Å². The Morgan fingerprint density at radius 3 is 2.36 bits per heavy atom. The molecule has 0 atom stereocenters. The molecule has 0 saturated heterocycles. The van der Waals surface area contributed by atoms with Crippen LogP contribution in [0.4, 0.5) is 0 Å². The zero-order valence-corrected chi connectivity index (χ0v) is 14.5. The zero-order valence-electron chi connectivity index (χ0n) is 14.5. The van der Waals surface area contributed by atoms with Crippen LogP contribution in [0.25, 0.3) is 0 Å². The first kappa shape index (κ1) is 16.9. The fourth-order valence-electron chi connectivity index (χ4n) is 2.57. The Morgan fingerprint density at radius 2 is 1.72 bits per heavy atom. The van der Waals surface area contributed by atoms with Crippen LogP contribution in [-0.4, -0.2) is 27.9 Å². The summed E-state index contributed by atoms with van der Waals surface area (Å²) in [7, 11) is 1.65. The number of carbonyl (C=O) groups excluding carboxylic acids is 1. The molecule has 0 radical (unpaired) electrons. The summed E-state index contributed by atoms with van der Waals surface area (Å²) in [6, 6.07) is 15.5. The van der Waals surface area contributed by atoms with E-state index in [-0.39, 0.29) is 5.78 Å². The first-order valence-corrected chi connectivity index (χ1v) is 8.36. The smallest absolute Gasteiger partial charge is 0.214 e. The molecule has 128 valence electrons. The summed E-state index contributed by atoms with van der Waals surface area (Å²) in [5.41, 5.74) is 3.39. The molecule has 0 amide bonds. The maximum Gasteiger partial charge on any atom is 0.214 e. The minimum Gasteiger partial charge on any atom is -0.497 e. The molecular formula is C20H21N3O2. The molecule has 0 bridgehead atoms. The number of hydrogen-bond donors (Lipinski definition) is 0. The Labute approximate surface area is 147 Å². The minimum absolute atomic E-state index is 0.0987. The molecule has 3 rings (SSSR count). The second-order valence-corrected chi connectivity index (χ2v) is 5.80. The average Bonchev–Trinajstić information content (AvgIpc) is 3.15. The number of nitrogens with zero attached hydrogens (tertiary/aromatic N) is 3. The van der Waals surface area contributed by atoms with Crippen molar-refractivity contribution >= 4 is 5.78 Å². The van der Waals surface area contributed by atoms with Gasteiger partial charge in [0.2, 0.25) is 5.78 Å². The van der Waals surface area contributed by atoms with Crippen LogP contribution in [0.2, 0.25) is 0 Å². The number of hydrogen-bond acceptors (Lipinski definition) is 4. The summed E-state index contributed by atoms with van der Waals surface area (Å²) in [5.74, 6) is 0.737. The van der Waals surface area contributed by atoms with E-state index in [1.54, 1.807) is 11.9 Å². The molecular weight excluding hydrogens is 314 g/mol. The molecule has 0 saturated carbocycles. The van der Waals surface area contributed by atoms with Crippen LogP contribution < -0.4 is 4.74 Å². The van der Waals surface area contributed by atoms with E-state index in [9.17, 15) is 4.79 Å². The third-order valence-corrected chi connectivity index (χ3v) is 4.15. The SMILES string of the molecule is CCc1ccc(C(=O)c2cnn(CCc3ccc(OC)cc3)n2)cc1. The molecule has 1 heterocycles.